The molecular weight excluding hydrogens is 184 g/mol. The predicted octanol–water partition coefficient (Wildman–Crippen LogP) is 2.48. The van der Waals surface area contributed by atoms with Gasteiger partial charge in [-0.15, -0.1) is 0 Å². The number of rotatable bonds is 8. The van der Waals surface area contributed by atoms with Crippen molar-refractivity contribution in [3.05, 3.63) is 0 Å². The lowest BCUT2D eigenvalue weighted by atomic mass is 9.85. The van der Waals surface area contributed by atoms with Crippen LogP contribution in [0, 0.1) is 11.8 Å². The van der Waals surface area contributed by atoms with E-state index < -0.39 is 0 Å². The van der Waals surface area contributed by atoms with Gasteiger partial charge in [0.2, 0.25) is 0 Å². The zero-order valence-corrected chi connectivity index (χ0v) is 10.5. The summed E-state index contributed by atoms with van der Waals surface area (Å²) in [6, 6.07) is 0. The Morgan fingerprint density at radius 1 is 1.33 bits per heavy atom. The lowest BCUT2D eigenvalue weighted by Crippen LogP contribution is -2.30. The van der Waals surface area contributed by atoms with E-state index in [0.717, 1.165) is 18.4 Å². The quantitative estimate of drug-likeness (QED) is 0.670. The zero-order valence-electron chi connectivity index (χ0n) is 10.5. The van der Waals surface area contributed by atoms with Crippen LogP contribution in [0.25, 0.3) is 0 Å². The second-order valence-corrected chi connectivity index (χ2v) is 5.38. The molecule has 90 valence electrons. The molecule has 15 heavy (non-hydrogen) atoms. The number of nitrogens with zero attached hydrogens (tertiary/aromatic N) is 1. The van der Waals surface area contributed by atoms with Crippen LogP contribution in [0.2, 0.25) is 0 Å². The van der Waals surface area contributed by atoms with Crippen LogP contribution in [-0.4, -0.2) is 31.6 Å². The standard InChI is InChI=1S/C13H28N2/c1-12(8-9-14)5-4-10-15(2)11-13-6-3-7-13/h12-13H,3-11,14H2,1-2H3. The molecule has 1 atom stereocenters. The van der Waals surface area contributed by atoms with E-state index in [4.69, 9.17) is 5.73 Å². The van der Waals surface area contributed by atoms with Gasteiger partial charge in [-0.3, -0.25) is 0 Å². The van der Waals surface area contributed by atoms with Crippen molar-refractivity contribution in [3.63, 3.8) is 0 Å². The molecule has 2 heteroatoms. The first-order valence-corrected chi connectivity index (χ1v) is 6.61. The van der Waals surface area contributed by atoms with Crippen LogP contribution in [0.1, 0.15) is 45.4 Å². The Bertz CT molecular complexity index is 155. The first kappa shape index (κ1) is 13.0. The van der Waals surface area contributed by atoms with Crippen molar-refractivity contribution in [1.82, 2.24) is 4.90 Å². The van der Waals surface area contributed by atoms with Crippen LogP contribution in [-0.2, 0) is 0 Å². The molecule has 0 aromatic rings. The van der Waals surface area contributed by atoms with Gasteiger partial charge in [0.25, 0.3) is 0 Å². The molecular formula is C13H28N2. The van der Waals surface area contributed by atoms with Gasteiger partial charge in [-0.1, -0.05) is 13.3 Å². The van der Waals surface area contributed by atoms with Gasteiger partial charge in [-0.05, 0) is 64.1 Å². The van der Waals surface area contributed by atoms with Crippen molar-refractivity contribution in [1.29, 1.82) is 0 Å². The Morgan fingerprint density at radius 3 is 2.60 bits per heavy atom. The first-order valence-electron chi connectivity index (χ1n) is 6.61. The summed E-state index contributed by atoms with van der Waals surface area (Å²) in [5.41, 5.74) is 5.54. The second-order valence-electron chi connectivity index (χ2n) is 5.38. The van der Waals surface area contributed by atoms with Gasteiger partial charge in [0.15, 0.2) is 0 Å². The van der Waals surface area contributed by atoms with Gasteiger partial charge >= 0.3 is 0 Å². The molecule has 1 rings (SSSR count). The fourth-order valence-electron chi connectivity index (χ4n) is 2.35. The fourth-order valence-corrected chi connectivity index (χ4v) is 2.35. The van der Waals surface area contributed by atoms with Crippen molar-refractivity contribution < 1.29 is 0 Å². The topological polar surface area (TPSA) is 29.3 Å². The first-order chi connectivity index (χ1) is 7.22. The SMILES string of the molecule is CC(CCN)CCCN(C)CC1CCC1. The van der Waals surface area contributed by atoms with E-state index in [1.165, 1.54) is 51.6 Å². The second kappa shape index (κ2) is 7.24. The highest BCUT2D eigenvalue weighted by Crippen LogP contribution is 2.26. The highest BCUT2D eigenvalue weighted by molar-refractivity contribution is 4.72. The minimum atomic E-state index is 0.812. The molecule has 1 saturated carbocycles. The van der Waals surface area contributed by atoms with Gasteiger partial charge in [0, 0.05) is 6.54 Å². The smallest absolute Gasteiger partial charge is 0.000661 e. The van der Waals surface area contributed by atoms with E-state index in [0.29, 0.717) is 0 Å². The maximum Gasteiger partial charge on any atom is 0.000661 e. The molecule has 0 saturated heterocycles. The van der Waals surface area contributed by atoms with E-state index in [1.807, 2.05) is 0 Å². The molecule has 0 heterocycles. The average Bonchev–Trinajstić information content (AvgIpc) is 2.12. The van der Waals surface area contributed by atoms with Crippen LogP contribution in [0.4, 0.5) is 0 Å². The predicted molar refractivity (Wildman–Crippen MR) is 66.9 cm³/mol. The molecule has 0 amide bonds. The zero-order chi connectivity index (χ0) is 11.1. The number of hydrogen-bond acceptors (Lipinski definition) is 2. The van der Waals surface area contributed by atoms with Crippen LogP contribution < -0.4 is 5.73 Å². The molecule has 0 aromatic heterocycles. The molecule has 1 fully saturated rings. The summed E-state index contributed by atoms with van der Waals surface area (Å²) in [5, 5.41) is 0. The van der Waals surface area contributed by atoms with Crippen LogP contribution in [0.15, 0.2) is 0 Å². The maximum absolute atomic E-state index is 5.54. The molecule has 0 aliphatic heterocycles. The summed E-state index contributed by atoms with van der Waals surface area (Å²) in [6.45, 7) is 5.76. The largest absolute Gasteiger partial charge is 0.330 e. The highest BCUT2D eigenvalue weighted by Gasteiger charge is 2.18. The monoisotopic (exact) mass is 212 g/mol. The minimum Gasteiger partial charge on any atom is -0.330 e. The van der Waals surface area contributed by atoms with E-state index >= 15 is 0 Å². The summed E-state index contributed by atoms with van der Waals surface area (Å²) in [4.78, 5) is 2.51. The molecule has 0 spiro atoms. The summed E-state index contributed by atoms with van der Waals surface area (Å²) in [5.74, 6) is 1.82. The van der Waals surface area contributed by atoms with Crippen LogP contribution in [0.3, 0.4) is 0 Å². The molecule has 0 bridgehead atoms. The Morgan fingerprint density at radius 2 is 2.07 bits per heavy atom. The van der Waals surface area contributed by atoms with Crippen molar-refractivity contribution in [2.24, 2.45) is 17.6 Å². The molecule has 1 aliphatic rings. The fraction of sp³-hybridized carbons (Fsp3) is 1.00. The van der Waals surface area contributed by atoms with E-state index in [-0.39, 0.29) is 0 Å². The number of hydrogen-bond donors (Lipinski definition) is 1. The lowest BCUT2D eigenvalue weighted by Gasteiger charge is -2.30. The number of nitrogens with two attached hydrogens (primary N) is 1. The Balaban J connectivity index is 1.93. The van der Waals surface area contributed by atoms with Crippen LogP contribution >= 0.6 is 0 Å². The van der Waals surface area contributed by atoms with E-state index in [9.17, 15) is 0 Å². The summed E-state index contributed by atoms with van der Waals surface area (Å²) >= 11 is 0. The molecule has 1 unspecified atom stereocenters. The lowest BCUT2D eigenvalue weighted by molar-refractivity contribution is 0.201. The molecule has 1 aliphatic carbocycles. The molecule has 0 radical (unpaired) electrons. The summed E-state index contributed by atoms with van der Waals surface area (Å²) < 4.78 is 0. The normalized spacial score (nSPS) is 19.2. The van der Waals surface area contributed by atoms with Gasteiger partial charge in [0.05, 0.1) is 0 Å². The summed E-state index contributed by atoms with van der Waals surface area (Å²) in [7, 11) is 2.27. The van der Waals surface area contributed by atoms with E-state index in [2.05, 4.69) is 18.9 Å². The molecule has 2 nitrogen and oxygen atoms in total. The minimum absolute atomic E-state index is 0.812. The van der Waals surface area contributed by atoms with Gasteiger partial charge in [-0.2, -0.15) is 0 Å². The van der Waals surface area contributed by atoms with Crippen molar-refractivity contribution in [2.75, 3.05) is 26.7 Å². The van der Waals surface area contributed by atoms with Gasteiger partial charge in [0.1, 0.15) is 0 Å². The Hall–Kier alpha value is -0.0800. The van der Waals surface area contributed by atoms with Gasteiger partial charge in [-0.25, -0.2) is 0 Å². The third kappa shape index (κ3) is 5.53. The molecule has 0 aromatic carbocycles. The Labute approximate surface area is 95.2 Å². The van der Waals surface area contributed by atoms with Crippen molar-refractivity contribution in [2.45, 2.75) is 45.4 Å². The average molecular weight is 212 g/mol. The van der Waals surface area contributed by atoms with Crippen molar-refractivity contribution in [3.8, 4) is 0 Å². The van der Waals surface area contributed by atoms with Crippen LogP contribution in [0.5, 0.6) is 0 Å². The van der Waals surface area contributed by atoms with Crippen molar-refractivity contribution >= 4 is 0 Å². The molecule has 2 N–H and O–H groups in total. The third-order valence-corrected chi connectivity index (χ3v) is 3.69. The van der Waals surface area contributed by atoms with Gasteiger partial charge < -0.3 is 10.6 Å². The maximum atomic E-state index is 5.54. The Kier molecular flexibility index (Phi) is 6.26. The summed E-state index contributed by atoms with van der Waals surface area (Å²) in [6.07, 6.45) is 8.26. The highest BCUT2D eigenvalue weighted by atomic mass is 15.1. The third-order valence-electron chi connectivity index (χ3n) is 3.69. The van der Waals surface area contributed by atoms with E-state index in [1.54, 1.807) is 0 Å².